The highest BCUT2D eigenvalue weighted by atomic mass is 32.2. The molecule has 0 aliphatic heterocycles. The molecule has 0 radical (unpaired) electrons. The van der Waals surface area contributed by atoms with Gasteiger partial charge >= 0.3 is 6.03 Å². The zero-order valence-electron chi connectivity index (χ0n) is 18.4. The smallest absolute Gasteiger partial charge is 0.323 e. The number of nitrogens with one attached hydrogen (secondary N) is 2. The van der Waals surface area contributed by atoms with Crippen LogP contribution in [0.15, 0.2) is 90.2 Å². The number of carbonyl (C=O) groups excluding carboxylic acids is 1. The van der Waals surface area contributed by atoms with Crippen LogP contribution in [0.3, 0.4) is 0 Å². The summed E-state index contributed by atoms with van der Waals surface area (Å²) in [6, 6.07) is 18.5. The number of rotatable bonds is 7. The summed E-state index contributed by atoms with van der Waals surface area (Å²) >= 11 is 0. The van der Waals surface area contributed by atoms with Gasteiger partial charge in [0.2, 0.25) is 0 Å². The number of benzene rings is 2. The fraction of sp³-hybridized carbons (Fsp3) is 0.0870. The van der Waals surface area contributed by atoms with E-state index in [4.69, 9.17) is 4.74 Å². The Bertz CT molecular complexity index is 1370. The van der Waals surface area contributed by atoms with Crippen molar-refractivity contribution in [3.05, 3.63) is 85.3 Å². The minimum absolute atomic E-state index is 0.0112. The number of methoxy groups -OCH3 is 1. The average Bonchev–Trinajstić information content (AvgIpc) is 3.36. The van der Waals surface area contributed by atoms with Crippen LogP contribution in [0.4, 0.5) is 21.9 Å². The highest BCUT2D eigenvalue weighted by Gasteiger charge is 2.23. The highest BCUT2D eigenvalue weighted by Crippen LogP contribution is 2.24. The lowest BCUT2D eigenvalue weighted by molar-refractivity contribution is 0.262. The van der Waals surface area contributed by atoms with E-state index in [1.165, 1.54) is 37.4 Å². The Hall–Kier alpha value is -4.38. The number of urea groups is 1. The molecule has 2 heterocycles. The molecule has 4 aromatic rings. The summed E-state index contributed by atoms with van der Waals surface area (Å²) < 4.78 is 33.8. The minimum atomic E-state index is -3.87. The van der Waals surface area contributed by atoms with Crippen molar-refractivity contribution in [2.45, 2.75) is 4.90 Å². The van der Waals surface area contributed by atoms with Crippen LogP contribution >= 0.6 is 0 Å². The first-order valence-electron chi connectivity index (χ1n) is 10.1. The van der Waals surface area contributed by atoms with E-state index in [1.54, 1.807) is 48.5 Å². The molecular weight excluding hydrogens is 456 g/mol. The van der Waals surface area contributed by atoms with Crippen molar-refractivity contribution in [3.8, 4) is 11.6 Å². The van der Waals surface area contributed by atoms with Gasteiger partial charge in [0.05, 0.1) is 31.4 Å². The molecule has 34 heavy (non-hydrogen) atoms. The summed E-state index contributed by atoms with van der Waals surface area (Å²) in [5.41, 5.74) is 1.60. The second-order valence-corrected chi connectivity index (χ2v) is 9.11. The summed E-state index contributed by atoms with van der Waals surface area (Å²) in [5.74, 6) is 1.04. The number of aromatic nitrogens is 3. The molecule has 0 saturated carbocycles. The molecule has 0 bridgehead atoms. The first kappa shape index (κ1) is 22.8. The summed E-state index contributed by atoms with van der Waals surface area (Å²) in [5, 5.41) is 9.55. The summed E-state index contributed by atoms with van der Waals surface area (Å²) in [7, 11) is -0.889. The Morgan fingerprint density at radius 1 is 0.941 bits per heavy atom. The normalized spacial score (nSPS) is 11.0. The molecule has 4 rings (SSSR count). The quantitative estimate of drug-likeness (QED) is 0.418. The lowest BCUT2D eigenvalue weighted by Gasteiger charge is -2.19. The average molecular weight is 479 g/mol. The van der Waals surface area contributed by atoms with Gasteiger partial charge in [-0.05, 0) is 48.5 Å². The predicted octanol–water partition coefficient (Wildman–Crippen LogP) is 3.75. The maximum absolute atomic E-state index is 13.1. The first-order chi connectivity index (χ1) is 16.4. The van der Waals surface area contributed by atoms with Crippen LogP contribution in [-0.4, -0.2) is 43.4 Å². The molecule has 0 aliphatic carbocycles. The van der Waals surface area contributed by atoms with Gasteiger partial charge in [-0.2, -0.15) is 5.10 Å². The number of anilines is 3. The molecule has 2 N–H and O–H groups in total. The molecule has 0 fully saturated rings. The molecule has 0 atom stereocenters. The van der Waals surface area contributed by atoms with E-state index < -0.39 is 16.1 Å². The van der Waals surface area contributed by atoms with Gasteiger partial charge in [0.25, 0.3) is 10.0 Å². The van der Waals surface area contributed by atoms with Crippen molar-refractivity contribution in [1.29, 1.82) is 0 Å². The van der Waals surface area contributed by atoms with Crippen molar-refractivity contribution in [1.82, 2.24) is 14.8 Å². The van der Waals surface area contributed by atoms with Crippen molar-refractivity contribution < 1.29 is 17.9 Å². The maximum Gasteiger partial charge on any atom is 0.323 e. The Morgan fingerprint density at radius 2 is 1.62 bits per heavy atom. The van der Waals surface area contributed by atoms with E-state index in [9.17, 15) is 13.2 Å². The van der Waals surface area contributed by atoms with E-state index in [0.29, 0.717) is 28.6 Å². The van der Waals surface area contributed by atoms with E-state index >= 15 is 0 Å². The first-order valence-corrected chi connectivity index (χ1v) is 11.6. The second-order valence-electron chi connectivity index (χ2n) is 7.14. The van der Waals surface area contributed by atoms with Crippen molar-refractivity contribution in [2.75, 3.05) is 29.1 Å². The number of ether oxygens (including phenoxy) is 1. The third-order valence-electron chi connectivity index (χ3n) is 4.93. The van der Waals surface area contributed by atoms with Crippen LogP contribution in [0.25, 0.3) is 5.82 Å². The van der Waals surface area contributed by atoms with Gasteiger partial charge in [0.1, 0.15) is 10.6 Å². The molecule has 0 unspecified atom stereocenters. The van der Waals surface area contributed by atoms with Gasteiger partial charge in [0.15, 0.2) is 5.82 Å². The number of pyridine rings is 1. The monoisotopic (exact) mass is 478 g/mol. The lowest BCUT2D eigenvalue weighted by Crippen LogP contribution is -2.26. The van der Waals surface area contributed by atoms with E-state index in [0.717, 1.165) is 4.31 Å². The molecule has 2 aromatic carbocycles. The molecule has 0 spiro atoms. The Balaban J connectivity index is 1.45. The van der Waals surface area contributed by atoms with Gasteiger partial charge in [-0.25, -0.2) is 22.9 Å². The fourth-order valence-corrected chi connectivity index (χ4v) is 4.19. The van der Waals surface area contributed by atoms with E-state index in [1.807, 2.05) is 18.2 Å². The topological polar surface area (TPSA) is 118 Å². The molecule has 0 aliphatic rings. The summed E-state index contributed by atoms with van der Waals surface area (Å²) in [4.78, 5) is 16.4. The molecule has 11 heteroatoms. The Kier molecular flexibility index (Phi) is 6.46. The molecular formula is C23H22N6O4S. The fourth-order valence-electron chi connectivity index (χ4n) is 3.06. The van der Waals surface area contributed by atoms with Gasteiger partial charge < -0.3 is 15.4 Å². The predicted molar refractivity (Wildman–Crippen MR) is 129 cm³/mol. The van der Waals surface area contributed by atoms with Gasteiger partial charge in [-0.3, -0.25) is 4.31 Å². The van der Waals surface area contributed by atoms with Crippen molar-refractivity contribution >= 4 is 33.1 Å². The number of sulfonamides is 1. The molecule has 10 nitrogen and oxygen atoms in total. The van der Waals surface area contributed by atoms with E-state index in [-0.39, 0.29) is 4.90 Å². The second kappa shape index (κ2) is 9.63. The van der Waals surface area contributed by atoms with Crippen LogP contribution < -0.4 is 19.7 Å². The number of carbonyl (C=O) groups is 1. The minimum Gasteiger partial charge on any atom is -0.495 e. The molecule has 2 amide bonds. The lowest BCUT2D eigenvalue weighted by atomic mass is 10.3. The number of hydrogen-bond donors (Lipinski definition) is 2. The maximum atomic E-state index is 13.1. The summed E-state index contributed by atoms with van der Waals surface area (Å²) in [6.07, 6.45) is 4.18. The molecule has 174 valence electrons. The number of amides is 2. The Morgan fingerprint density at radius 3 is 2.24 bits per heavy atom. The van der Waals surface area contributed by atoms with Gasteiger partial charge in [-0.15, -0.1) is 0 Å². The third kappa shape index (κ3) is 4.99. The van der Waals surface area contributed by atoms with Crippen LogP contribution in [0, 0.1) is 0 Å². The van der Waals surface area contributed by atoms with Crippen LogP contribution in [0.5, 0.6) is 5.75 Å². The zero-order chi connectivity index (χ0) is 24.1. The standard InChI is InChI=1S/C23H22N6O4S/c1-28(19-10-8-18(9-11-19)27-23(30)26-17-6-4-3-5-7-17)34(31,32)21-15-25-29(16-21)22-13-12-20(33-2)14-24-22/h3-16H,1-2H3,(H2,26,27,30). The number of nitrogens with zero attached hydrogens (tertiary/aromatic N) is 4. The SMILES string of the molecule is COc1ccc(-n2cc(S(=O)(=O)N(C)c3ccc(NC(=O)Nc4ccccc4)cc3)cn2)nc1. The molecule has 0 saturated heterocycles. The van der Waals surface area contributed by atoms with Crippen LogP contribution in [0.2, 0.25) is 0 Å². The third-order valence-corrected chi connectivity index (χ3v) is 6.67. The number of para-hydroxylation sites is 1. The Labute approximate surface area is 196 Å². The van der Waals surface area contributed by atoms with Gasteiger partial charge in [0, 0.05) is 18.4 Å². The zero-order valence-corrected chi connectivity index (χ0v) is 19.2. The largest absolute Gasteiger partial charge is 0.495 e. The summed E-state index contributed by atoms with van der Waals surface area (Å²) in [6.45, 7) is 0. The van der Waals surface area contributed by atoms with Crippen LogP contribution in [0.1, 0.15) is 0 Å². The van der Waals surface area contributed by atoms with Crippen molar-refractivity contribution in [2.24, 2.45) is 0 Å². The van der Waals surface area contributed by atoms with Gasteiger partial charge in [-0.1, -0.05) is 18.2 Å². The van der Waals surface area contributed by atoms with Crippen LogP contribution in [-0.2, 0) is 10.0 Å². The van der Waals surface area contributed by atoms with Crippen molar-refractivity contribution in [3.63, 3.8) is 0 Å². The highest BCUT2D eigenvalue weighted by molar-refractivity contribution is 7.92. The number of hydrogen-bond acceptors (Lipinski definition) is 6. The van der Waals surface area contributed by atoms with E-state index in [2.05, 4.69) is 20.7 Å². The molecule has 2 aromatic heterocycles.